The van der Waals surface area contributed by atoms with Crippen LogP contribution in [0, 0.1) is 29.6 Å². The molecule has 0 spiro atoms. The lowest BCUT2D eigenvalue weighted by Gasteiger charge is -2.24. The average Bonchev–Trinajstić information content (AvgIpc) is 3.06. The minimum absolute atomic E-state index is 0.154. The fourth-order valence-electron chi connectivity index (χ4n) is 3.61. The largest absolute Gasteiger partial charge is 0.447 e. The van der Waals surface area contributed by atoms with Crippen molar-refractivity contribution in [2.24, 2.45) is 5.92 Å². The number of amides is 2. The van der Waals surface area contributed by atoms with Gasteiger partial charge in [-0.15, -0.1) is 0 Å². The molecule has 1 saturated heterocycles. The van der Waals surface area contributed by atoms with Crippen molar-refractivity contribution in [1.29, 1.82) is 0 Å². The van der Waals surface area contributed by atoms with Gasteiger partial charge in [-0.2, -0.15) is 0 Å². The highest BCUT2D eigenvalue weighted by atomic mass is 16.6. The van der Waals surface area contributed by atoms with E-state index in [1.807, 2.05) is 26.0 Å². The van der Waals surface area contributed by atoms with Crippen molar-refractivity contribution in [2.75, 3.05) is 6.61 Å². The summed E-state index contributed by atoms with van der Waals surface area (Å²) in [7, 11) is 0. The Bertz CT molecular complexity index is 863. The van der Waals surface area contributed by atoms with E-state index in [0.29, 0.717) is 5.56 Å². The van der Waals surface area contributed by atoms with E-state index in [0.717, 1.165) is 56.1 Å². The monoisotopic (exact) mass is 377 g/mol. The first kappa shape index (κ1) is 20.0. The van der Waals surface area contributed by atoms with Crippen LogP contribution in [-0.2, 0) is 17.6 Å². The summed E-state index contributed by atoms with van der Waals surface area (Å²) >= 11 is 0. The number of nitrogens with zero attached hydrogens (tertiary/aromatic N) is 1. The second kappa shape index (κ2) is 9.47. The van der Waals surface area contributed by atoms with Gasteiger partial charge in [-0.25, -0.2) is 9.69 Å². The zero-order valence-corrected chi connectivity index (χ0v) is 16.7. The zero-order valence-electron chi connectivity index (χ0n) is 16.7. The first-order chi connectivity index (χ1) is 13.6. The highest BCUT2D eigenvalue weighted by Crippen LogP contribution is 2.25. The fraction of sp³-hybridized carbons (Fsp3) is 0.500. The molecular weight excluding hydrogens is 350 g/mol. The summed E-state index contributed by atoms with van der Waals surface area (Å²) in [5.41, 5.74) is 2.73. The Morgan fingerprint density at radius 2 is 1.86 bits per heavy atom. The molecule has 3 aliphatic rings. The summed E-state index contributed by atoms with van der Waals surface area (Å²) in [4.78, 5) is 26.9. The van der Waals surface area contributed by atoms with Crippen LogP contribution in [0.15, 0.2) is 18.2 Å². The highest BCUT2D eigenvalue weighted by Gasteiger charge is 2.40. The second-order valence-corrected chi connectivity index (χ2v) is 7.72. The molecule has 4 heteroatoms. The zero-order chi connectivity index (χ0) is 19.9. The lowest BCUT2D eigenvalue weighted by atomic mass is 9.95. The van der Waals surface area contributed by atoms with Crippen LogP contribution in [0.3, 0.4) is 0 Å². The normalized spacial score (nSPS) is 19.8. The summed E-state index contributed by atoms with van der Waals surface area (Å²) < 4.78 is 5.19. The number of hydrogen-bond acceptors (Lipinski definition) is 3. The van der Waals surface area contributed by atoms with Crippen molar-refractivity contribution >= 4 is 12.0 Å². The van der Waals surface area contributed by atoms with E-state index >= 15 is 0 Å². The summed E-state index contributed by atoms with van der Waals surface area (Å²) in [6.45, 7) is 4.29. The van der Waals surface area contributed by atoms with Gasteiger partial charge in [0.05, 0.1) is 6.04 Å². The number of hydrogen-bond donors (Lipinski definition) is 0. The second-order valence-electron chi connectivity index (χ2n) is 7.72. The molecule has 1 fully saturated rings. The van der Waals surface area contributed by atoms with Gasteiger partial charge >= 0.3 is 6.09 Å². The Morgan fingerprint density at radius 3 is 2.61 bits per heavy atom. The molecule has 4 rings (SSSR count). The van der Waals surface area contributed by atoms with Gasteiger partial charge in [0, 0.05) is 18.4 Å². The van der Waals surface area contributed by atoms with Crippen molar-refractivity contribution in [3.63, 3.8) is 0 Å². The van der Waals surface area contributed by atoms with E-state index in [-0.39, 0.29) is 24.5 Å². The molecule has 4 nitrogen and oxygen atoms in total. The van der Waals surface area contributed by atoms with Crippen molar-refractivity contribution in [1.82, 2.24) is 4.90 Å². The molecule has 1 atom stereocenters. The molecule has 1 aliphatic heterocycles. The average molecular weight is 377 g/mol. The first-order valence-corrected chi connectivity index (χ1v) is 10.2. The highest BCUT2D eigenvalue weighted by molar-refractivity contribution is 6.05. The molecule has 2 amide bonds. The Labute approximate surface area is 167 Å². The van der Waals surface area contributed by atoms with E-state index in [9.17, 15) is 9.59 Å². The number of cyclic esters (lactones) is 1. The lowest BCUT2D eigenvalue weighted by Crippen LogP contribution is -2.42. The number of imide groups is 1. The third-order valence-corrected chi connectivity index (χ3v) is 5.30. The Kier molecular flexibility index (Phi) is 6.77. The van der Waals surface area contributed by atoms with Gasteiger partial charge in [0.25, 0.3) is 5.91 Å². The van der Waals surface area contributed by atoms with E-state index in [4.69, 9.17) is 4.74 Å². The third kappa shape index (κ3) is 4.76. The van der Waals surface area contributed by atoms with Gasteiger partial charge in [-0.1, -0.05) is 37.8 Å². The molecule has 2 aliphatic carbocycles. The van der Waals surface area contributed by atoms with Crippen LogP contribution in [0.1, 0.15) is 67.4 Å². The van der Waals surface area contributed by atoms with Crippen LogP contribution in [0.25, 0.3) is 0 Å². The molecule has 1 aromatic rings. The summed E-state index contributed by atoms with van der Waals surface area (Å²) in [5, 5.41) is 0. The molecule has 0 N–H and O–H groups in total. The molecule has 146 valence electrons. The molecule has 0 unspecified atom stereocenters. The van der Waals surface area contributed by atoms with Crippen LogP contribution in [0.5, 0.6) is 0 Å². The molecule has 0 radical (unpaired) electrons. The van der Waals surface area contributed by atoms with Crippen LogP contribution in [0.2, 0.25) is 0 Å². The minimum atomic E-state index is -0.531. The molecule has 2 bridgehead atoms. The topological polar surface area (TPSA) is 46.6 Å². The van der Waals surface area contributed by atoms with E-state index in [1.165, 1.54) is 4.90 Å². The maximum absolute atomic E-state index is 13.4. The van der Waals surface area contributed by atoms with E-state index in [2.05, 4.69) is 29.7 Å². The summed E-state index contributed by atoms with van der Waals surface area (Å²) in [5.74, 6) is 11.9. The molecular formula is C24H27NO3. The molecule has 0 saturated carbocycles. The minimum Gasteiger partial charge on any atom is -0.447 e. The quantitative estimate of drug-likeness (QED) is 0.720. The number of ether oxygens (including phenoxy) is 1. The van der Waals surface area contributed by atoms with E-state index < -0.39 is 6.09 Å². The number of carbonyl (C=O) groups is 2. The number of rotatable bonds is 2. The number of aryl methyl sites for hydroxylation is 2. The van der Waals surface area contributed by atoms with Crippen LogP contribution in [-0.4, -0.2) is 29.5 Å². The molecule has 1 aromatic carbocycles. The standard InChI is InChI=1S/C24H27NO3/c1-18(2)22-17-28-24(27)25(22)23(26)21-16-19-12-10-8-6-4-3-5-7-9-11-13-20(21)15-14-19/h14-16,18,22H,7-13,17H2,1-2H3/t22-/m1/s1. The van der Waals surface area contributed by atoms with Crippen LogP contribution in [0.4, 0.5) is 4.79 Å². The fourth-order valence-corrected chi connectivity index (χ4v) is 3.61. The SMILES string of the molecule is CC(C)[C@H]1COC(=O)N1C(=O)c1cc2ccc1CCCCC#CC#CCCC2. The maximum Gasteiger partial charge on any atom is 0.417 e. The van der Waals surface area contributed by atoms with Gasteiger partial charge in [0.1, 0.15) is 6.61 Å². The number of benzene rings is 1. The Morgan fingerprint density at radius 1 is 1.11 bits per heavy atom. The Balaban J connectivity index is 1.90. The summed E-state index contributed by atoms with van der Waals surface area (Å²) in [6, 6.07) is 5.89. The van der Waals surface area contributed by atoms with Gasteiger partial charge < -0.3 is 4.74 Å². The van der Waals surface area contributed by atoms with Gasteiger partial charge in [-0.3, -0.25) is 4.79 Å². The molecule has 1 heterocycles. The van der Waals surface area contributed by atoms with Crippen molar-refractivity contribution < 1.29 is 14.3 Å². The first-order valence-electron chi connectivity index (χ1n) is 10.2. The van der Waals surface area contributed by atoms with Crippen LogP contribution < -0.4 is 0 Å². The summed E-state index contributed by atoms with van der Waals surface area (Å²) in [6.07, 6.45) is 5.53. The van der Waals surface area contributed by atoms with E-state index in [1.54, 1.807) is 0 Å². The maximum atomic E-state index is 13.4. The number of fused-ring (bicyclic) bond motifs is 10. The van der Waals surface area contributed by atoms with Crippen molar-refractivity contribution in [3.05, 3.63) is 34.9 Å². The van der Waals surface area contributed by atoms with Crippen molar-refractivity contribution in [2.45, 2.75) is 64.8 Å². The van der Waals surface area contributed by atoms with Crippen LogP contribution >= 0.6 is 0 Å². The lowest BCUT2D eigenvalue weighted by molar-refractivity contribution is 0.0750. The smallest absolute Gasteiger partial charge is 0.417 e. The predicted octanol–water partition coefficient (Wildman–Crippen LogP) is 4.36. The third-order valence-electron chi connectivity index (χ3n) is 5.30. The number of carbonyl (C=O) groups excluding carboxylic acids is 2. The molecule has 0 aromatic heterocycles. The predicted molar refractivity (Wildman–Crippen MR) is 109 cm³/mol. The molecule has 28 heavy (non-hydrogen) atoms. The van der Waals surface area contributed by atoms with Gasteiger partial charge in [0.2, 0.25) is 0 Å². The van der Waals surface area contributed by atoms with Crippen molar-refractivity contribution in [3.8, 4) is 23.7 Å². The Hall–Kier alpha value is -2.72. The van der Waals surface area contributed by atoms with Gasteiger partial charge in [-0.05, 0) is 67.1 Å². The van der Waals surface area contributed by atoms with Gasteiger partial charge in [0.15, 0.2) is 0 Å².